The van der Waals surface area contributed by atoms with Gasteiger partial charge in [-0.2, -0.15) is 0 Å². The zero-order chi connectivity index (χ0) is 18.5. The van der Waals surface area contributed by atoms with Gasteiger partial charge in [-0.1, -0.05) is 29.3 Å². The SMILES string of the molecule is CC(NC(=O)CSCc1csc(-c2ccco2)n1)c1ccc(Cl)cc1Cl. The molecule has 0 aliphatic rings. The van der Waals surface area contributed by atoms with Gasteiger partial charge in [0, 0.05) is 21.2 Å². The maximum atomic E-state index is 12.2. The molecule has 1 unspecified atom stereocenters. The summed E-state index contributed by atoms with van der Waals surface area (Å²) in [5, 5.41) is 6.90. The maximum absolute atomic E-state index is 12.2. The molecule has 0 spiro atoms. The van der Waals surface area contributed by atoms with E-state index in [0.29, 0.717) is 21.6 Å². The lowest BCUT2D eigenvalue weighted by molar-refractivity contribution is -0.119. The second kappa shape index (κ2) is 8.95. The largest absolute Gasteiger partial charge is 0.462 e. The van der Waals surface area contributed by atoms with Crippen LogP contribution in [0, 0.1) is 0 Å². The standard InChI is InChI=1S/C18H16Cl2N2O2S2/c1-11(14-5-4-12(19)7-15(14)20)21-17(23)10-25-8-13-9-26-18(22-13)16-3-2-6-24-16/h2-7,9,11H,8,10H2,1H3,(H,21,23). The summed E-state index contributed by atoms with van der Waals surface area (Å²) in [5.74, 6) is 1.73. The minimum Gasteiger partial charge on any atom is -0.462 e. The zero-order valence-electron chi connectivity index (χ0n) is 13.9. The van der Waals surface area contributed by atoms with E-state index in [4.69, 9.17) is 27.6 Å². The minimum atomic E-state index is -0.183. The molecule has 0 aliphatic heterocycles. The number of amides is 1. The van der Waals surface area contributed by atoms with Crippen LogP contribution in [-0.2, 0) is 10.5 Å². The number of nitrogens with one attached hydrogen (secondary N) is 1. The van der Waals surface area contributed by atoms with Crippen molar-refractivity contribution >= 4 is 52.2 Å². The first-order chi connectivity index (χ1) is 12.5. The van der Waals surface area contributed by atoms with Gasteiger partial charge in [0.05, 0.1) is 23.8 Å². The fourth-order valence-electron chi connectivity index (χ4n) is 2.35. The Morgan fingerprint density at radius 1 is 1.38 bits per heavy atom. The van der Waals surface area contributed by atoms with Crippen LogP contribution in [0.2, 0.25) is 10.0 Å². The fourth-order valence-corrected chi connectivity index (χ4v) is 4.54. The van der Waals surface area contributed by atoms with Gasteiger partial charge in [-0.15, -0.1) is 23.1 Å². The van der Waals surface area contributed by atoms with Gasteiger partial charge in [0.1, 0.15) is 0 Å². The average Bonchev–Trinajstić information content (AvgIpc) is 3.25. The molecule has 0 fully saturated rings. The first-order valence-electron chi connectivity index (χ1n) is 7.83. The molecule has 3 aromatic rings. The Labute approximate surface area is 169 Å². The molecule has 1 amide bonds. The molecule has 136 valence electrons. The Kier molecular flexibility index (Phi) is 6.64. The van der Waals surface area contributed by atoms with Gasteiger partial charge in [0.2, 0.25) is 5.91 Å². The second-order valence-electron chi connectivity index (χ2n) is 5.57. The lowest BCUT2D eigenvalue weighted by atomic mass is 10.1. The smallest absolute Gasteiger partial charge is 0.230 e. The van der Waals surface area contributed by atoms with Crippen LogP contribution >= 0.6 is 46.3 Å². The normalized spacial score (nSPS) is 12.1. The van der Waals surface area contributed by atoms with Crippen molar-refractivity contribution in [3.05, 3.63) is 63.3 Å². The quantitative estimate of drug-likeness (QED) is 0.516. The number of nitrogens with zero attached hydrogens (tertiary/aromatic N) is 1. The highest BCUT2D eigenvalue weighted by atomic mass is 35.5. The number of hydrogen-bond donors (Lipinski definition) is 1. The summed E-state index contributed by atoms with van der Waals surface area (Å²) in [6.07, 6.45) is 1.63. The van der Waals surface area contributed by atoms with Crippen molar-refractivity contribution in [1.29, 1.82) is 0 Å². The molecular weight excluding hydrogens is 411 g/mol. The Morgan fingerprint density at radius 3 is 2.96 bits per heavy atom. The van der Waals surface area contributed by atoms with Crippen LogP contribution < -0.4 is 5.32 Å². The van der Waals surface area contributed by atoms with E-state index in [1.807, 2.05) is 30.5 Å². The summed E-state index contributed by atoms with van der Waals surface area (Å²) in [7, 11) is 0. The number of hydrogen-bond acceptors (Lipinski definition) is 5. The number of aromatic nitrogens is 1. The topological polar surface area (TPSA) is 55.1 Å². The maximum Gasteiger partial charge on any atom is 0.230 e. The van der Waals surface area contributed by atoms with E-state index in [1.54, 1.807) is 18.4 Å². The summed E-state index contributed by atoms with van der Waals surface area (Å²) in [6.45, 7) is 1.90. The van der Waals surface area contributed by atoms with Gasteiger partial charge in [0.25, 0.3) is 0 Å². The number of benzene rings is 1. The Hall–Kier alpha value is -1.47. The van der Waals surface area contributed by atoms with Gasteiger partial charge in [-0.3, -0.25) is 4.79 Å². The van der Waals surface area contributed by atoms with E-state index in [-0.39, 0.29) is 11.9 Å². The predicted molar refractivity (Wildman–Crippen MR) is 109 cm³/mol. The van der Waals surface area contributed by atoms with Crippen molar-refractivity contribution in [2.24, 2.45) is 0 Å². The molecule has 26 heavy (non-hydrogen) atoms. The highest BCUT2D eigenvalue weighted by molar-refractivity contribution is 7.99. The number of thioether (sulfide) groups is 1. The number of carbonyl (C=O) groups is 1. The monoisotopic (exact) mass is 426 g/mol. The molecule has 1 aromatic carbocycles. The fraction of sp³-hybridized carbons (Fsp3) is 0.222. The van der Waals surface area contributed by atoms with Crippen LogP contribution in [0.5, 0.6) is 0 Å². The molecule has 0 aliphatic carbocycles. The predicted octanol–water partition coefficient (Wildman–Crippen LogP) is 5.82. The first kappa shape index (κ1) is 19.3. The van der Waals surface area contributed by atoms with Gasteiger partial charge >= 0.3 is 0 Å². The van der Waals surface area contributed by atoms with Crippen molar-refractivity contribution in [1.82, 2.24) is 10.3 Å². The molecule has 8 heteroatoms. The first-order valence-corrected chi connectivity index (χ1v) is 10.6. The second-order valence-corrected chi connectivity index (χ2v) is 8.26. The molecule has 1 N–H and O–H groups in total. The molecule has 4 nitrogen and oxygen atoms in total. The molecule has 0 bridgehead atoms. The van der Waals surface area contributed by atoms with Crippen molar-refractivity contribution < 1.29 is 9.21 Å². The summed E-state index contributed by atoms with van der Waals surface area (Å²) in [5.41, 5.74) is 1.78. The molecule has 0 radical (unpaired) electrons. The molecule has 0 saturated carbocycles. The lowest BCUT2D eigenvalue weighted by Crippen LogP contribution is -2.28. The summed E-state index contributed by atoms with van der Waals surface area (Å²) in [6, 6.07) is 8.80. The highest BCUT2D eigenvalue weighted by Gasteiger charge is 2.13. The average molecular weight is 427 g/mol. The third kappa shape index (κ3) is 5.04. The molecular formula is C18H16Cl2N2O2S2. The van der Waals surface area contributed by atoms with Crippen LogP contribution in [0.15, 0.2) is 46.4 Å². The molecule has 0 saturated heterocycles. The van der Waals surface area contributed by atoms with E-state index in [0.717, 1.165) is 22.0 Å². The van der Waals surface area contributed by atoms with Crippen LogP contribution in [0.4, 0.5) is 0 Å². The van der Waals surface area contributed by atoms with Crippen LogP contribution in [0.3, 0.4) is 0 Å². The van der Waals surface area contributed by atoms with Gasteiger partial charge in [-0.05, 0) is 36.8 Å². The third-order valence-electron chi connectivity index (χ3n) is 3.57. The number of furan rings is 1. The molecule has 1 atom stereocenters. The van der Waals surface area contributed by atoms with E-state index in [2.05, 4.69) is 10.3 Å². The summed E-state index contributed by atoms with van der Waals surface area (Å²) >= 11 is 15.1. The van der Waals surface area contributed by atoms with Crippen molar-refractivity contribution in [3.63, 3.8) is 0 Å². The van der Waals surface area contributed by atoms with Crippen LogP contribution in [0.1, 0.15) is 24.2 Å². The Balaban J connectivity index is 1.47. The van der Waals surface area contributed by atoms with Gasteiger partial charge in [0.15, 0.2) is 10.8 Å². The van der Waals surface area contributed by atoms with E-state index < -0.39 is 0 Å². The Bertz CT molecular complexity index is 881. The van der Waals surface area contributed by atoms with Crippen LogP contribution in [-0.4, -0.2) is 16.6 Å². The summed E-state index contributed by atoms with van der Waals surface area (Å²) in [4.78, 5) is 16.7. The van der Waals surface area contributed by atoms with E-state index >= 15 is 0 Å². The third-order valence-corrected chi connectivity index (χ3v) is 6.01. The highest BCUT2D eigenvalue weighted by Crippen LogP contribution is 2.27. The minimum absolute atomic E-state index is 0.0463. The van der Waals surface area contributed by atoms with Gasteiger partial charge < -0.3 is 9.73 Å². The number of rotatable bonds is 7. The number of thiazole rings is 1. The Morgan fingerprint density at radius 2 is 2.23 bits per heavy atom. The van der Waals surface area contributed by atoms with Crippen molar-refractivity contribution in [2.45, 2.75) is 18.7 Å². The number of carbonyl (C=O) groups excluding carboxylic acids is 1. The molecule has 2 aromatic heterocycles. The van der Waals surface area contributed by atoms with E-state index in [9.17, 15) is 4.79 Å². The van der Waals surface area contributed by atoms with Crippen molar-refractivity contribution in [3.8, 4) is 10.8 Å². The molecule has 2 heterocycles. The van der Waals surface area contributed by atoms with Crippen molar-refractivity contribution in [2.75, 3.05) is 5.75 Å². The lowest BCUT2D eigenvalue weighted by Gasteiger charge is -2.15. The molecule has 3 rings (SSSR count). The number of halogens is 2. The zero-order valence-corrected chi connectivity index (χ0v) is 17.0. The van der Waals surface area contributed by atoms with E-state index in [1.165, 1.54) is 23.1 Å². The summed E-state index contributed by atoms with van der Waals surface area (Å²) < 4.78 is 5.34. The van der Waals surface area contributed by atoms with Crippen LogP contribution in [0.25, 0.3) is 10.8 Å². The van der Waals surface area contributed by atoms with Gasteiger partial charge in [-0.25, -0.2) is 4.98 Å².